The molecule has 7 heteroatoms. The van der Waals surface area contributed by atoms with Gasteiger partial charge in [0.2, 0.25) is 0 Å². The summed E-state index contributed by atoms with van der Waals surface area (Å²) >= 11 is 0.926. The van der Waals surface area contributed by atoms with Crippen LogP contribution < -0.4 is 4.87 Å². The van der Waals surface area contributed by atoms with Gasteiger partial charge in [0.25, 0.3) is 0 Å². The fourth-order valence-corrected chi connectivity index (χ4v) is 5.72. The van der Waals surface area contributed by atoms with Gasteiger partial charge in [-0.05, 0) is 77.3 Å². The number of aromatic nitrogens is 4. The van der Waals surface area contributed by atoms with Crippen molar-refractivity contribution in [3.05, 3.63) is 117 Å². The van der Waals surface area contributed by atoms with Gasteiger partial charge in [-0.15, -0.1) is 0 Å². The lowest BCUT2D eigenvalue weighted by Crippen LogP contribution is -2.18. The number of fused-ring (bicyclic) bond motifs is 1. The van der Waals surface area contributed by atoms with Crippen molar-refractivity contribution in [2.45, 2.75) is 38.8 Å². The molecular weight excluding hydrogens is 504 g/mol. The lowest BCUT2D eigenvalue weighted by atomic mass is 9.87. The molecule has 1 aliphatic heterocycles. The largest absolute Gasteiger partial charge is 0.356 e. The van der Waals surface area contributed by atoms with Crippen LogP contribution in [0.4, 0.5) is 0 Å². The van der Waals surface area contributed by atoms with Gasteiger partial charge in [0.15, 0.2) is 6.23 Å². The summed E-state index contributed by atoms with van der Waals surface area (Å²) in [5, 5.41) is 5.83. The van der Waals surface area contributed by atoms with Gasteiger partial charge in [-0.25, -0.2) is 4.68 Å². The first kappa shape index (κ1) is 25.2. The van der Waals surface area contributed by atoms with Crippen LogP contribution in [-0.2, 0) is 4.74 Å². The maximum atomic E-state index is 11.4. The molecule has 5 aromatic rings. The highest BCUT2D eigenvalue weighted by molar-refractivity contribution is 7.02. The van der Waals surface area contributed by atoms with Crippen LogP contribution in [0.3, 0.4) is 0 Å². The number of benzene rings is 3. The number of ether oxygens (including phenoxy) is 1. The van der Waals surface area contributed by atoms with E-state index in [4.69, 9.17) is 9.84 Å². The molecule has 6 nitrogen and oxygen atoms in total. The third kappa shape index (κ3) is 5.41. The number of rotatable bonds is 7. The Morgan fingerprint density at radius 1 is 1.03 bits per heavy atom. The molecule has 0 spiro atoms. The van der Waals surface area contributed by atoms with Crippen molar-refractivity contribution in [2.75, 3.05) is 6.61 Å². The standard InChI is InChI=1S/C32H30N4O2S/c1-2-27(23-8-4-3-5-9-23)31(24-14-11-22(12-15-24)13-18-29-34-32(37)39-35-29)25-16-17-28-26(20-25)21-33-36(28)30-10-6-7-19-38-30/h3-5,8-9,11-18,20-21,30H,2,6-7,10,19H2,1H3,(H,34,35,37)/b18-13?,31-27-. The minimum absolute atomic E-state index is 0.00958. The minimum atomic E-state index is -0.151. The normalized spacial score (nSPS) is 16.6. The highest BCUT2D eigenvalue weighted by atomic mass is 32.1. The van der Waals surface area contributed by atoms with Crippen LogP contribution in [0.1, 0.15) is 66.9 Å². The second kappa shape index (κ2) is 11.4. The molecule has 196 valence electrons. The Morgan fingerprint density at radius 3 is 2.56 bits per heavy atom. The smallest absolute Gasteiger partial charge is 0.323 e. The fourth-order valence-electron chi connectivity index (χ4n) is 5.28. The lowest BCUT2D eigenvalue weighted by molar-refractivity contribution is -0.0366. The van der Waals surface area contributed by atoms with Gasteiger partial charge in [-0.1, -0.05) is 73.7 Å². The van der Waals surface area contributed by atoms with Crippen molar-refractivity contribution in [2.24, 2.45) is 0 Å². The summed E-state index contributed by atoms with van der Waals surface area (Å²) in [4.78, 5) is 13.9. The number of hydrogen-bond donors (Lipinski definition) is 1. The number of allylic oxidation sites excluding steroid dienone is 1. The van der Waals surface area contributed by atoms with Crippen molar-refractivity contribution in [1.82, 2.24) is 19.1 Å². The summed E-state index contributed by atoms with van der Waals surface area (Å²) in [5.41, 5.74) is 8.18. The highest BCUT2D eigenvalue weighted by Gasteiger charge is 2.20. The second-order valence-corrected chi connectivity index (χ2v) is 10.4. The van der Waals surface area contributed by atoms with Gasteiger partial charge >= 0.3 is 4.87 Å². The van der Waals surface area contributed by atoms with Gasteiger partial charge in [-0.3, -0.25) is 9.78 Å². The van der Waals surface area contributed by atoms with Crippen LogP contribution >= 0.6 is 11.5 Å². The number of aromatic amines is 1. The number of hydrogen-bond acceptors (Lipinski definition) is 5. The van der Waals surface area contributed by atoms with Gasteiger partial charge in [0.05, 0.1) is 11.7 Å². The average Bonchev–Trinajstić information content (AvgIpc) is 3.61. The third-order valence-corrected chi connectivity index (χ3v) is 7.74. The second-order valence-electron chi connectivity index (χ2n) is 9.69. The summed E-state index contributed by atoms with van der Waals surface area (Å²) < 4.78 is 12.2. The lowest BCUT2D eigenvalue weighted by Gasteiger charge is -2.23. The van der Waals surface area contributed by atoms with Gasteiger partial charge < -0.3 is 4.74 Å². The van der Waals surface area contributed by atoms with E-state index in [1.807, 2.05) is 23.0 Å². The summed E-state index contributed by atoms with van der Waals surface area (Å²) in [7, 11) is 0. The maximum Gasteiger partial charge on any atom is 0.323 e. The van der Waals surface area contributed by atoms with Crippen molar-refractivity contribution >= 4 is 45.7 Å². The SMILES string of the molecule is CC/C(=C(\c1ccc(C=Cc2nsc(=O)[nH]2)cc1)c1ccc2c(cnn2C2CCCCO2)c1)c1ccccc1. The van der Waals surface area contributed by atoms with Crippen LogP contribution in [0.25, 0.3) is 34.2 Å². The third-order valence-electron chi connectivity index (χ3n) is 7.18. The molecule has 2 aromatic heterocycles. The van der Waals surface area contributed by atoms with Crippen molar-refractivity contribution in [3.63, 3.8) is 0 Å². The Kier molecular flexibility index (Phi) is 7.34. The Hall–Kier alpha value is -4.07. The van der Waals surface area contributed by atoms with Gasteiger partial charge in [-0.2, -0.15) is 9.47 Å². The predicted octanol–water partition coefficient (Wildman–Crippen LogP) is 7.42. The first-order valence-electron chi connectivity index (χ1n) is 13.4. The Labute approximate surface area is 231 Å². The fraction of sp³-hybridized carbons (Fsp3) is 0.219. The molecule has 1 fully saturated rings. The van der Waals surface area contributed by atoms with Gasteiger partial charge in [0, 0.05) is 23.5 Å². The molecule has 1 aliphatic rings. The molecule has 0 bridgehead atoms. The first-order chi connectivity index (χ1) is 19.2. The quantitative estimate of drug-likeness (QED) is 0.221. The van der Waals surface area contributed by atoms with E-state index in [0.717, 1.165) is 65.0 Å². The van der Waals surface area contributed by atoms with E-state index in [2.05, 4.69) is 89.1 Å². The zero-order valence-corrected chi connectivity index (χ0v) is 22.7. The van der Waals surface area contributed by atoms with E-state index in [1.54, 1.807) is 0 Å². The van der Waals surface area contributed by atoms with E-state index in [9.17, 15) is 4.79 Å². The highest BCUT2D eigenvalue weighted by Crippen LogP contribution is 2.36. The molecule has 1 N–H and O–H groups in total. The zero-order chi connectivity index (χ0) is 26.6. The van der Waals surface area contributed by atoms with Gasteiger partial charge in [0.1, 0.15) is 5.82 Å². The predicted molar refractivity (Wildman–Crippen MR) is 159 cm³/mol. The summed E-state index contributed by atoms with van der Waals surface area (Å²) in [5.74, 6) is 0.569. The van der Waals surface area contributed by atoms with E-state index in [1.165, 1.54) is 23.1 Å². The zero-order valence-electron chi connectivity index (χ0n) is 21.8. The molecule has 0 radical (unpaired) electrons. The molecular formula is C32H30N4O2S. The molecule has 0 amide bonds. The monoisotopic (exact) mass is 534 g/mol. The molecule has 6 rings (SSSR count). The number of nitrogens with one attached hydrogen (secondary N) is 1. The van der Waals surface area contributed by atoms with E-state index in [0.29, 0.717) is 5.82 Å². The van der Waals surface area contributed by atoms with Crippen LogP contribution in [0, 0.1) is 0 Å². The maximum absolute atomic E-state index is 11.4. The molecule has 0 aliphatic carbocycles. The molecule has 1 atom stereocenters. The van der Waals surface area contributed by atoms with Crippen LogP contribution in [0.5, 0.6) is 0 Å². The molecule has 39 heavy (non-hydrogen) atoms. The van der Waals surface area contributed by atoms with Crippen LogP contribution in [0.2, 0.25) is 0 Å². The van der Waals surface area contributed by atoms with Crippen molar-refractivity contribution in [1.29, 1.82) is 0 Å². The average molecular weight is 535 g/mol. The molecule has 0 saturated carbocycles. The molecule has 1 unspecified atom stereocenters. The van der Waals surface area contributed by atoms with Crippen molar-refractivity contribution in [3.8, 4) is 0 Å². The molecule has 3 aromatic carbocycles. The van der Waals surface area contributed by atoms with E-state index in [-0.39, 0.29) is 11.1 Å². The first-order valence-corrected chi connectivity index (χ1v) is 14.2. The van der Waals surface area contributed by atoms with E-state index >= 15 is 0 Å². The Balaban J connectivity index is 1.41. The summed E-state index contributed by atoms with van der Waals surface area (Å²) in [6.07, 6.45) is 9.93. The minimum Gasteiger partial charge on any atom is -0.356 e. The number of H-pyrrole nitrogens is 1. The van der Waals surface area contributed by atoms with Crippen LogP contribution in [0.15, 0.2) is 83.8 Å². The summed E-state index contributed by atoms with van der Waals surface area (Å²) in [6.45, 7) is 3.01. The van der Waals surface area contributed by atoms with Crippen LogP contribution in [-0.4, -0.2) is 25.7 Å². The topological polar surface area (TPSA) is 72.8 Å². The number of nitrogens with zero attached hydrogens (tertiary/aromatic N) is 3. The molecule has 1 saturated heterocycles. The summed E-state index contributed by atoms with van der Waals surface area (Å²) in [6, 6.07) is 25.8. The molecule has 3 heterocycles. The Bertz CT molecular complexity index is 1690. The van der Waals surface area contributed by atoms with E-state index < -0.39 is 0 Å². The van der Waals surface area contributed by atoms with Crippen molar-refractivity contribution < 1.29 is 4.74 Å². The Morgan fingerprint density at radius 2 is 1.85 bits per heavy atom.